The molecule has 2 aliphatic heterocycles. The Kier molecular flexibility index (Phi) is 6.74. The van der Waals surface area contributed by atoms with Crippen molar-refractivity contribution in [1.29, 1.82) is 0 Å². The zero-order valence-electron chi connectivity index (χ0n) is 20.2. The van der Waals surface area contributed by atoms with Crippen LogP contribution in [0.15, 0.2) is 41.5 Å². The largest absolute Gasteiger partial charge is 0.341 e. The molecular formula is C26H34N8. The minimum atomic E-state index is 0.504. The molecule has 2 fully saturated rings. The van der Waals surface area contributed by atoms with Crippen LogP contribution in [-0.4, -0.2) is 51.9 Å². The van der Waals surface area contributed by atoms with Crippen LogP contribution in [0.3, 0.4) is 0 Å². The van der Waals surface area contributed by atoms with Gasteiger partial charge in [-0.15, -0.1) is 0 Å². The number of nitrogens with zero attached hydrogens (tertiary/aromatic N) is 7. The summed E-state index contributed by atoms with van der Waals surface area (Å²) in [5, 5.41) is 4.52. The first kappa shape index (κ1) is 22.4. The van der Waals surface area contributed by atoms with Crippen molar-refractivity contribution < 1.29 is 0 Å². The SMILES string of the molecule is Cc1cc(/C=N/Nc2nc(N3CCCCC3)nc(N3CCCCC3)n2)c(C)n1-c1ccccc1. The highest BCUT2D eigenvalue weighted by molar-refractivity contribution is 5.82. The average Bonchev–Trinajstić information content (AvgIpc) is 3.18. The maximum absolute atomic E-state index is 4.84. The van der Waals surface area contributed by atoms with E-state index in [0.717, 1.165) is 55.0 Å². The lowest BCUT2D eigenvalue weighted by atomic mass is 10.1. The molecular weight excluding hydrogens is 424 g/mol. The molecule has 8 heteroatoms. The van der Waals surface area contributed by atoms with Gasteiger partial charge in [0, 0.05) is 48.8 Å². The summed E-state index contributed by atoms with van der Waals surface area (Å²) in [6, 6.07) is 12.5. The maximum atomic E-state index is 4.84. The molecule has 0 bridgehead atoms. The number of hydrogen-bond donors (Lipinski definition) is 1. The van der Waals surface area contributed by atoms with E-state index in [9.17, 15) is 0 Å². The van der Waals surface area contributed by atoms with E-state index in [1.807, 2.05) is 12.3 Å². The minimum Gasteiger partial charge on any atom is -0.341 e. The zero-order chi connectivity index (χ0) is 23.3. The first-order valence-corrected chi connectivity index (χ1v) is 12.5. The van der Waals surface area contributed by atoms with Gasteiger partial charge in [0.05, 0.1) is 6.21 Å². The molecule has 0 amide bonds. The molecule has 4 heterocycles. The number of hydrazone groups is 1. The third-order valence-corrected chi connectivity index (χ3v) is 6.74. The van der Waals surface area contributed by atoms with E-state index in [2.05, 4.69) is 69.1 Å². The Balaban J connectivity index is 1.38. The van der Waals surface area contributed by atoms with Gasteiger partial charge < -0.3 is 14.4 Å². The number of aryl methyl sites for hydroxylation is 1. The molecule has 0 unspecified atom stereocenters. The van der Waals surface area contributed by atoms with Gasteiger partial charge in [0.1, 0.15) is 0 Å². The quantitative estimate of drug-likeness (QED) is 0.426. The fraction of sp³-hybridized carbons (Fsp3) is 0.462. The van der Waals surface area contributed by atoms with Crippen molar-refractivity contribution in [2.24, 2.45) is 5.10 Å². The molecule has 3 aromatic rings. The second-order valence-electron chi connectivity index (χ2n) is 9.22. The molecule has 1 aromatic carbocycles. The fourth-order valence-corrected chi connectivity index (χ4v) is 4.93. The van der Waals surface area contributed by atoms with E-state index in [0.29, 0.717) is 5.95 Å². The molecule has 1 N–H and O–H groups in total. The predicted molar refractivity (Wildman–Crippen MR) is 138 cm³/mol. The second-order valence-corrected chi connectivity index (χ2v) is 9.22. The highest BCUT2D eigenvalue weighted by Gasteiger charge is 2.20. The molecule has 0 aliphatic carbocycles. The summed E-state index contributed by atoms with van der Waals surface area (Å²) in [5.74, 6) is 2.02. The molecule has 5 rings (SSSR count). The fourth-order valence-electron chi connectivity index (χ4n) is 4.93. The van der Waals surface area contributed by atoms with E-state index in [1.165, 1.54) is 44.2 Å². The number of benzene rings is 1. The third kappa shape index (κ3) is 4.90. The zero-order valence-corrected chi connectivity index (χ0v) is 20.2. The van der Waals surface area contributed by atoms with Crippen LogP contribution in [0, 0.1) is 13.8 Å². The average molecular weight is 459 g/mol. The molecule has 178 valence electrons. The summed E-state index contributed by atoms with van der Waals surface area (Å²) in [5.41, 5.74) is 7.63. The standard InChI is InChI=1S/C26H34N8/c1-20-18-22(21(2)34(20)23-12-6-3-7-13-23)19-27-31-24-28-25(32-14-8-4-9-15-32)30-26(29-24)33-16-10-5-11-17-33/h3,6-7,12-13,18-19H,4-5,8-11,14-17H2,1-2H3,(H,28,29,30,31)/b27-19+. The molecule has 34 heavy (non-hydrogen) atoms. The summed E-state index contributed by atoms with van der Waals surface area (Å²) < 4.78 is 2.24. The second kappa shape index (κ2) is 10.2. The first-order valence-electron chi connectivity index (χ1n) is 12.5. The molecule has 2 saturated heterocycles. The van der Waals surface area contributed by atoms with Gasteiger partial charge in [-0.1, -0.05) is 18.2 Å². The molecule has 2 aliphatic rings. The van der Waals surface area contributed by atoms with Gasteiger partial charge in [0.15, 0.2) is 0 Å². The number of nitrogens with one attached hydrogen (secondary N) is 1. The monoisotopic (exact) mass is 458 g/mol. The van der Waals surface area contributed by atoms with Crippen molar-refractivity contribution in [3.05, 3.63) is 53.3 Å². The number of anilines is 3. The van der Waals surface area contributed by atoms with Gasteiger partial charge in [0.2, 0.25) is 17.8 Å². The van der Waals surface area contributed by atoms with Crippen LogP contribution in [0.2, 0.25) is 0 Å². The molecule has 0 radical (unpaired) electrons. The highest BCUT2D eigenvalue weighted by atomic mass is 15.4. The number of hydrogen-bond acceptors (Lipinski definition) is 7. The van der Waals surface area contributed by atoms with Crippen LogP contribution >= 0.6 is 0 Å². The highest BCUT2D eigenvalue weighted by Crippen LogP contribution is 2.23. The summed E-state index contributed by atoms with van der Waals surface area (Å²) in [6.45, 7) is 8.23. The van der Waals surface area contributed by atoms with Crippen LogP contribution in [-0.2, 0) is 0 Å². The van der Waals surface area contributed by atoms with Crippen molar-refractivity contribution in [3.63, 3.8) is 0 Å². The van der Waals surface area contributed by atoms with Gasteiger partial charge in [-0.05, 0) is 70.6 Å². The van der Waals surface area contributed by atoms with Crippen LogP contribution < -0.4 is 15.2 Å². The van der Waals surface area contributed by atoms with E-state index >= 15 is 0 Å². The van der Waals surface area contributed by atoms with Crippen LogP contribution in [0.5, 0.6) is 0 Å². The van der Waals surface area contributed by atoms with Gasteiger partial charge >= 0.3 is 0 Å². The third-order valence-electron chi connectivity index (χ3n) is 6.74. The number of piperidine rings is 2. The lowest BCUT2D eigenvalue weighted by Crippen LogP contribution is -2.34. The number of rotatable bonds is 6. The summed E-state index contributed by atoms with van der Waals surface area (Å²) in [4.78, 5) is 18.8. The van der Waals surface area contributed by atoms with Crippen LogP contribution in [0.1, 0.15) is 55.5 Å². The summed E-state index contributed by atoms with van der Waals surface area (Å²) in [6.07, 6.45) is 9.14. The smallest absolute Gasteiger partial charge is 0.250 e. The minimum absolute atomic E-state index is 0.504. The molecule has 0 atom stereocenters. The van der Waals surface area contributed by atoms with E-state index < -0.39 is 0 Å². The topological polar surface area (TPSA) is 74.5 Å². The van der Waals surface area contributed by atoms with Gasteiger partial charge in [-0.25, -0.2) is 5.43 Å². The van der Waals surface area contributed by atoms with Gasteiger partial charge in [-0.3, -0.25) is 0 Å². The van der Waals surface area contributed by atoms with Crippen molar-refractivity contribution >= 4 is 24.1 Å². The predicted octanol–water partition coefficient (Wildman–Crippen LogP) is 4.71. The number of aromatic nitrogens is 4. The van der Waals surface area contributed by atoms with E-state index in [-0.39, 0.29) is 0 Å². The normalized spacial score (nSPS) is 16.9. The van der Waals surface area contributed by atoms with Gasteiger partial charge in [0.25, 0.3) is 0 Å². The maximum Gasteiger partial charge on any atom is 0.250 e. The first-order chi connectivity index (χ1) is 16.7. The van der Waals surface area contributed by atoms with Crippen molar-refractivity contribution in [3.8, 4) is 5.69 Å². The lowest BCUT2D eigenvalue weighted by Gasteiger charge is -2.30. The Hall–Kier alpha value is -3.42. The summed E-state index contributed by atoms with van der Waals surface area (Å²) >= 11 is 0. The number of para-hydroxylation sites is 1. The van der Waals surface area contributed by atoms with Crippen LogP contribution in [0.25, 0.3) is 5.69 Å². The Morgan fingerprint density at radius 1 is 0.794 bits per heavy atom. The van der Waals surface area contributed by atoms with Crippen molar-refractivity contribution in [1.82, 2.24) is 19.5 Å². The molecule has 0 spiro atoms. The van der Waals surface area contributed by atoms with E-state index in [1.54, 1.807) is 0 Å². The van der Waals surface area contributed by atoms with Crippen molar-refractivity contribution in [2.75, 3.05) is 41.4 Å². The Labute approximate surface area is 201 Å². The molecule has 0 saturated carbocycles. The Morgan fingerprint density at radius 3 is 1.97 bits per heavy atom. The van der Waals surface area contributed by atoms with Crippen molar-refractivity contribution in [2.45, 2.75) is 52.4 Å². The van der Waals surface area contributed by atoms with E-state index in [4.69, 9.17) is 15.0 Å². The van der Waals surface area contributed by atoms with Crippen LogP contribution in [0.4, 0.5) is 17.8 Å². The Bertz CT molecular complexity index is 1090. The summed E-state index contributed by atoms with van der Waals surface area (Å²) in [7, 11) is 0. The molecule has 8 nitrogen and oxygen atoms in total. The lowest BCUT2D eigenvalue weighted by molar-refractivity contribution is 0.556. The Morgan fingerprint density at radius 2 is 1.38 bits per heavy atom. The van der Waals surface area contributed by atoms with Gasteiger partial charge in [-0.2, -0.15) is 20.1 Å². The molecule has 2 aromatic heterocycles.